The highest BCUT2D eigenvalue weighted by Crippen LogP contribution is 2.41. The van der Waals surface area contributed by atoms with E-state index in [1.807, 2.05) is 48.5 Å². The second kappa shape index (κ2) is 13.6. The molecule has 1 N–H and O–H groups in total. The van der Waals surface area contributed by atoms with Gasteiger partial charge >= 0.3 is 5.97 Å². The van der Waals surface area contributed by atoms with Gasteiger partial charge in [-0.25, -0.2) is 4.79 Å². The Kier molecular flexibility index (Phi) is 9.18. The molecule has 7 nitrogen and oxygen atoms in total. The number of nitrogens with one attached hydrogen (secondary N) is 1. The molecule has 1 saturated heterocycles. The molecule has 2 fully saturated rings. The minimum absolute atomic E-state index is 0.000109. The van der Waals surface area contributed by atoms with E-state index in [0.717, 1.165) is 27.8 Å². The Morgan fingerprint density at radius 2 is 1.60 bits per heavy atom. The number of morpholine rings is 1. The fraction of sp³-hybridized carbons (Fsp3) is 0.417. The van der Waals surface area contributed by atoms with Gasteiger partial charge in [0.2, 0.25) is 5.91 Å². The topological polar surface area (TPSA) is 84.9 Å². The fourth-order valence-corrected chi connectivity index (χ4v) is 6.66. The molecule has 1 aliphatic heterocycles. The first-order valence-corrected chi connectivity index (χ1v) is 15.7. The minimum Gasteiger partial charge on any atom is -0.365 e. The molecule has 0 unspecified atom stereocenters. The highest BCUT2D eigenvalue weighted by Gasteiger charge is 2.45. The maximum Gasteiger partial charge on any atom is 0.332 e. The molecule has 3 aromatic rings. The number of amides is 2. The molecule has 0 radical (unpaired) electrons. The van der Waals surface area contributed by atoms with Gasteiger partial charge < -0.3 is 14.9 Å². The van der Waals surface area contributed by atoms with Gasteiger partial charge in [0.25, 0.3) is 5.91 Å². The maximum atomic E-state index is 12.8. The first-order chi connectivity index (χ1) is 21.0. The van der Waals surface area contributed by atoms with Gasteiger partial charge in [-0.2, -0.15) is 5.06 Å². The van der Waals surface area contributed by atoms with Crippen molar-refractivity contribution >= 4 is 17.8 Å². The zero-order valence-electron chi connectivity index (χ0n) is 24.6. The summed E-state index contributed by atoms with van der Waals surface area (Å²) in [7, 11) is 0. The van der Waals surface area contributed by atoms with Crippen LogP contribution in [0.15, 0.2) is 72.8 Å². The number of hydrogen-bond acceptors (Lipinski definition) is 5. The summed E-state index contributed by atoms with van der Waals surface area (Å²) in [4.78, 5) is 43.9. The minimum atomic E-state index is -0.484. The van der Waals surface area contributed by atoms with Crippen LogP contribution in [0.3, 0.4) is 0 Å². The third-order valence-electron chi connectivity index (χ3n) is 9.07. The van der Waals surface area contributed by atoms with Crippen LogP contribution in [0.2, 0.25) is 0 Å². The Hall–Kier alpha value is -3.97. The predicted molar refractivity (Wildman–Crippen MR) is 163 cm³/mol. The number of benzene rings is 3. The molecule has 3 aliphatic rings. The molecule has 1 saturated carbocycles. The first kappa shape index (κ1) is 29.1. The maximum absolute atomic E-state index is 12.8. The van der Waals surface area contributed by atoms with Crippen LogP contribution in [0.5, 0.6) is 0 Å². The lowest BCUT2D eigenvalue weighted by molar-refractivity contribution is -0.233. The van der Waals surface area contributed by atoms with Crippen LogP contribution < -0.4 is 5.32 Å². The Bertz CT molecular complexity index is 1430. The van der Waals surface area contributed by atoms with Gasteiger partial charge in [0.1, 0.15) is 12.6 Å². The smallest absolute Gasteiger partial charge is 0.332 e. The third kappa shape index (κ3) is 7.16. The van der Waals surface area contributed by atoms with Gasteiger partial charge in [-0.1, -0.05) is 92.1 Å². The van der Waals surface area contributed by atoms with Crippen LogP contribution >= 0.6 is 0 Å². The number of nitrogens with zero attached hydrogens (tertiary/aromatic N) is 1. The quantitative estimate of drug-likeness (QED) is 0.323. The van der Waals surface area contributed by atoms with E-state index in [9.17, 15) is 14.4 Å². The average molecular weight is 581 g/mol. The van der Waals surface area contributed by atoms with E-state index >= 15 is 0 Å². The number of aryl methyl sites for hydroxylation is 2. The zero-order chi connectivity index (χ0) is 29.6. The molecule has 0 spiro atoms. The van der Waals surface area contributed by atoms with E-state index < -0.39 is 12.0 Å². The molecular formula is C36H40N2O5. The summed E-state index contributed by atoms with van der Waals surface area (Å²) in [5.41, 5.74) is 6.55. The summed E-state index contributed by atoms with van der Waals surface area (Å²) in [5, 5.41) is 4.28. The molecule has 0 bridgehead atoms. The van der Waals surface area contributed by atoms with E-state index in [2.05, 4.69) is 29.6 Å². The molecule has 3 aromatic carbocycles. The van der Waals surface area contributed by atoms with Crippen molar-refractivity contribution in [2.45, 2.75) is 88.8 Å². The summed E-state index contributed by atoms with van der Waals surface area (Å²) in [6.07, 6.45) is 8.58. The van der Waals surface area contributed by atoms with Crippen molar-refractivity contribution in [1.29, 1.82) is 0 Å². The lowest BCUT2D eigenvalue weighted by atomic mass is 9.84. The van der Waals surface area contributed by atoms with E-state index in [1.54, 1.807) is 0 Å². The molecule has 1 heterocycles. The van der Waals surface area contributed by atoms with Crippen LogP contribution in [-0.4, -0.2) is 35.6 Å². The van der Waals surface area contributed by atoms with Crippen LogP contribution in [0.25, 0.3) is 0 Å². The second-order valence-electron chi connectivity index (χ2n) is 12.1. The normalized spacial score (nSPS) is 19.9. The lowest BCUT2D eigenvalue weighted by Crippen LogP contribution is -2.48. The molecule has 43 heavy (non-hydrogen) atoms. The van der Waals surface area contributed by atoms with Crippen molar-refractivity contribution < 1.29 is 24.0 Å². The second-order valence-corrected chi connectivity index (χ2v) is 12.1. The predicted octanol–water partition coefficient (Wildman–Crippen LogP) is 5.90. The number of ether oxygens (including phenoxy) is 1. The molecule has 6 rings (SSSR count). The van der Waals surface area contributed by atoms with Gasteiger partial charge in [-0.3, -0.25) is 9.59 Å². The average Bonchev–Trinajstić information content (AvgIpc) is 3.42. The van der Waals surface area contributed by atoms with Crippen molar-refractivity contribution in [2.75, 3.05) is 6.61 Å². The van der Waals surface area contributed by atoms with Crippen molar-refractivity contribution in [2.24, 2.45) is 0 Å². The summed E-state index contributed by atoms with van der Waals surface area (Å²) in [6.45, 7) is 0.402. The molecule has 0 aromatic heterocycles. The Morgan fingerprint density at radius 1 is 0.860 bits per heavy atom. The molecule has 7 heteroatoms. The largest absolute Gasteiger partial charge is 0.365 e. The third-order valence-corrected chi connectivity index (χ3v) is 9.07. The van der Waals surface area contributed by atoms with Gasteiger partial charge in [0.05, 0.1) is 12.5 Å². The molecule has 224 valence electrons. The lowest BCUT2D eigenvalue weighted by Gasteiger charge is -2.35. The molecule has 2 atom stereocenters. The Morgan fingerprint density at radius 3 is 2.40 bits per heavy atom. The highest BCUT2D eigenvalue weighted by atomic mass is 16.7. The van der Waals surface area contributed by atoms with Gasteiger partial charge in [0.15, 0.2) is 0 Å². The van der Waals surface area contributed by atoms with Crippen LogP contribution in [0.1, 0.15) is 90.3 Å². The van der Waals surface area contributed by atoms with E-state index in [-0.39, 0.29) is 30.9 Å². The molecular weight excluding hydrogens is 540 g/mol. The van der Waals surface area contributed by atoms with E-state index in [0.29, 0.717) is 38.1 Å². The number of carbonyl (C=O) groups is 3. The number of fused-ring (bicyclic) bond motifs is 3. The summed E-state index contributed by atoms with van der Waals surface area (Å²) >= 11 is 0. The zero-order valence-corrected chi connectivity index (χ0v) is 24.6. The summed E-state index contributed by atoms with van der Waals surface area (Å²) in [5.74, 6) is -0.126. The van der Waals surface area contributed by atoms with Gasteiger partial charge in [-0.05, 0) is 65.0 Å². The van der Waals surface area contributed by atoms with Crippen molar-refractivity contribution in [3.05, 3.63) is 106 Å². The Labute approximate surface area is 253 Å². The highest BCUT2D eigenvalue weighted by molar-refractivity contribution is 5.80. The van der Waals surface area contributed by atoms with E-state index in [4.69, 9.17) is 9.57 Å². The standard InChI is InChI=1S/C36H40N2O5/c39-33(37-23-27-12-16-29(17-13-27)28-9-5-2-6-10-28)19-14-26-11-18-30-22-32-36(31(30)21-26)38(34(40)24-42-32)43-35(41)20-15-25-7-3-1-4-8-25/h1,3-4,7-8,11-13,16-18,21,28,32,36H,2,5-6,9-10,14-15,19-20,22-24H2,(H,37,39)/t32-,36+/m0/s1. The van der Waals surface area contributed by atoms with Crippen LogP contribution in [0.4, 0.5) is 0 Å². The number of hydroxylamine groups is 2. The monoisotopic (exact) mass is 580 g/mol. The Balaban J connectivity index is 1.03. The first-order valence-electron chi connectivity index (χ1n) is 15.7. The number of carbonyl (C=O) groups excluding carboxylic acids is 3. The van der Waals surface area contributed by atoms with Crippen molar-refractivity contribution in [1.82, 2.24) is 10.4 Å². The van der Waals surface area contributed by atoms with Crippen LogP contribution in [0, 0.1) is 0 Å². The van der Waals surface area contributed by atoms with Crippen molar-refractivity contribution in [3.63, 3.8) is 0 Å². The van der Waals surface area contributed by atoms with Gasteiger partial charge in [-0.15, -0.1) is 0 Å². The molecule has 2 aliphatic carbocycles. The SMILES string of the molecule is O=C(CCc1ccc2c(c1)[C@@H]1[C@H](C2)OCC(=O)N1OC(=O)CCc1ccccc1)NCc1ccc(C2CCCCC2)cc1. The summed E-state index contributed by atoms with van der Waals surface area (Å²) < 4.78 is 5.84. The number of rotatable bonds is 10. The fourth-order valence-electron chi connectivity index (χ4n) is 6.66. The summed E-state index contributed by atoms with van der Waals surface area (Å²) in [6, 6.07) is 24.1. The van der Waals surface area contributed by atoms with E-state index in [1.165, 1.54) is 42.7 Å². The number of hydrogen-bond donors (Lipinski definition) is 1. The molecule has 2 amide bonds. The van der Waals surface area contributed by atoms with Crippen molar-refractivity contribution in [3.8, 4) is 0 Å². The van der Waals surface area contributed by atoms with Gasteiger partial charge in [0, 0.05) is 19.4 Å². The van der Waals surface area contributed by atoms with Crippen LogP contribution in [-0.2, 0) is 49.8 Å².